The van der Waals surface area contributed by atoms with Gasteiger partial charge in [-0.05, 0) is 6.92 Å². The highest BCUT2D eigenvalue weighted by molar-refractivity contribution is 9.08. The second-order valence-electron chi connectivity index (χ2n) is 3.03. The van der Waals surface area contributed by atoms with Gasteiger partial charge in [0.25, 0.3) is 0 Å². The van der Waals surface area contributed by atoms with Crippen LogP contribution < -0.4 is 9.88 Å². The fraction of sp³-hybridized carbons (Fsp3) is 0.364. The summed E-state index contributed by atoms with van der Waals surface area (Å²) in [6.07, 6.45) is 1.89. The van der Waals surface area contributed by atoms with Gasteiger partial charge >= 0.3 is 0 Å². The van der Waals surface area contributed by atoms with E-state index in [9.17, 15) is 0 Å². The Hall–Kier alpha value is -0.810. The van der Waals surface area contributed by atoms with Crippen LogP contribution in [0.2, 0.25) is 0 Å². The molecule has 1 aromatic rings. The maximum Gasteiger partial charge on any atom is 0.157 e. The summed E-state index contributed by atoms with van der Waals surface area (Å²) in [6, 6.07) is 0. The van der Waals surface area contributed by atoms with E-state index in [-0.39, 0.29) is 0 Å². The molecular weight excluding hydrogens is 290 g/mol. The zero-order valence-corrected chi connectivity index (χ0v) is 11.9. The molecule has 5 heteroatoms. The first-order chi connectivity index (χ1) is 7.62. The van der Waals surface area contributed by atoms with Gasteiger partial charge in [0, 0.05) is 6.08 Å². The summed E-state index contributed by atoms with van der Waals surface area (Å²) < 4.78 is 11.4. The van der Waals surface area contributed by atoms with Gasteiger partial charge in [-0.25, -0.2) is 4.98 Å². The van der Waals surface area contributed by atoms with Gasteiger partial charge in [-0.1, -0.05) is 22.5 Å². The van der Waals surface area contributed by atoms with Crippen molar-refractivity contribution in [3.8, 4) is 0 Å². The largest absolute Gasteiger partial charge is 0.498 e. The van der Waals surface area contributed by atoms with Crippen molar-refractivity contribution < 1.29 is 9.47 Å². The van der Waals surface area contributed by atoms with E-state index in [2.05, 4.69) is 27.5 Å². The highest BCUT2D eigenvalue weighted by Crippen LogP contribution is 2.08. The second-order valence-corrected chi connectivity index (χ2v) is 4.70. The number of aromatic nitrogens is 1. The third-order valence-corrected chi connectivity index (χ3v) is 3.97. The molecule has 0 aromatic carbocycles. The number of allylic oxidation sites excluding steroid dienone is 2. The van der Waals surface area contributed by atoms with Gasteiger partial charge in [0.2, 0.25) is 0 Å². The molecule has 1 heterocycles. The minimum Gasteiger partial charge on any atom is -0.498 e. The molecule has 0 aliphatic carbocycles. The predicted octanol–water partition coefficient (Wildman–Crippen LogP) is 1.75. The van der Waals surface area contributed by atoms with Crippen molar-refractivity contribution in [2.24, 2.45) is 0 Å². The number of hydrogen-bond acceptors (Lipinski definition) is 4. The molecule has 0 aliphatic heterocycles. The first-order valence-electron chi connectivity index (χ1n) is 4.63. The molecule has 1 aromatic heterocycles. The van der Waals surface area contributed by atoms with E-state index in [4.69, 9.17) is 9.47 Å². The van der Waals surface area contributed by atoms with Gasteiger partial charge in [0.1, 0.15) is 10.8 Å². The van der Waals surface area contributed by atoms with Crippen LogP contribution in [-0.4, -0.2) is 19.2 Å². The van der Waals surface area contributed by atoms with Gasteiger partial charge < -0.3 is 9.47 Å². The third-order valence-electron chi connectivity index (χ3n) is 2.02. The van der Waals surface area contributed by atoms with Crippen molar-refractivity contribution in [2.75, 3.05) is 14.2 Å². The van der Waals surface area contributed by atoms with Crippen molar-refractivity contribution in [1.82, 2.24) is 4.98 Å². The lowest BCUT2D eigenvalue weighted by Crippen LogP contribution is -2.19. The number of ether oxygens (including phenoxy) is 2. The smallest absolute Gasteiger partial charge is 0.157 e. The quantitative estimate of drug-likeness (QED) is 0.627. The lowest BCUT2D eigenvalue weighted by molar-refractivity contribution is 0.237. The Morgan fingerprint density at radius 3 is 2.62 bits per heavy atom. The van der Waals surface area contributed by atoms with Crippen molar-refractivity contribution >= 4 is 39.9 Å². The average Bonchev–Trinajstić information content (AvgIpc) is 2.66. The molecule has 88 valence electrons. The number of nitrogens with zero attached hydrogens (tertiary/aromatic N) is 1. The molecular formula is C11H14BrNO2S. The van der Waals surface area contributed by atoms with Crippen LogP contribution in [0.15, 0.2) is 11.5 Å². The molecule has 0 spiro atoms. The number of rotatable bonds is 4. The molecule has 0 saturated heterocycles. The summed E-state index contributed by atoms with van der Waals surface area (Å²) in [5, 5.41) is 2.50. The van der Waals surface area contributed by atoms with Crippen LogP contribution in [0.4, 0.5) is 0 Å². The lowest BCUT2D eigenvalue weighted by Gasteiger charge is -2.04. The number of halogens is 1. The fourth-order valence-electron chi connectivity index (χ4n) is 1.11. The summed E-state index contributed by atoms with van der Waals surface area (Å²) in [4.78, 5) is 4.31. The maximum atomic E-state index is 5.24. The Labute approximate surface area is 107 Å². The molecule has 0 atom stereocenters. The first-order valence-corrected chi connectivity index (χ1v) is 6.57. The van der Waals surface area contributed by atoms with E-state index in [1.165, 1.54) is 0 Å². The summed E-state index contributed by atoms with van der Waals surface area (Å²) in [5.41, 5.74) is 0. The monoisotopic (exact) mass is 303 g/mol. The molecule has 0 N–H and O–H groups in total. The molecule has 0 fully saturated rings. The molecule has 0 amide bonds. The topological polar surface area (TPSA) is 31.4 Å². The Balaban J connectivity index is 3.25. The minimum atomic E-state index is 0.692. The Morgan fingerprint density at radius 1 is 1.50 bits per heavy atom. The van der Waals surface area contributed by atoms with Crippen molar-refractivity contribution in [1.29, 1.82) is 0 Å². The number of thiazole rings is 1. The summed E-state index contributed by atoms with van der Waals surface area (Å²) >= 11 is 4.95. The molecule has 1 rings (SSSR count). The third kappa shape index (κ3) is 3.09. The molecule has 0 bridgehead atoms. The maximum absolute atomic E-state index is 5.24. The van der Waals surface area contributed by atoms with Crippen molar-refractivity contribution in [3.63, 3.8) is 0 Å². The molecule has 3 nitrogen and oxygen atoms in total. The van der Waals surface area contributed by atoms with E-state index in [0.717, 1.165) is 26.0 Å². The summed E-state index contributed by atoms with van der Waals surface area (Å²) in [7, 11) is 3.23. The highest BCUT2D eigenvalue weighted by Gasteiger charge is 2.01. The normalized spacial score (nSPS) is 13.6. The number of methoxy groups -OCH3 is 2. The Kier molecular flexibility index (Phi) is 5.02. The predicted molar refractivity (Wildman–Crippen MR) is 70.7 cm³/mol. The van der Waals surface area contributed by atoms with Crippen molar-refractivity contribution in [3.05, 3.63) is 26.4 Å². The van der Waals surface area contributed by atoms with Gasteiger partial charge in [0.05, 0.1) is 29.4 Å². The van der Waals surface area contributed by atoms with Crippen LogP contribution in [0.3, 0.4) is 0 Å². The molecule has 16 heavy (non-hydrogen) atoms. The van der Waals surface area contributed by atoms with Gasteiger partial charge in [-0.2, -0.15) is 0 Å². The van der Waals surface area contributed by atoms with Gasteiger partial charge in [0.15, 0.2) is 5.76 Å². The summed E-state index contributed by atoms with van der Waals surface area (Å²) in [5.74, 6) is 1.42. The SMILES string of the molecule is C=c1nc(CBr)s/c1=C/C(OC)=C(\C)OC. The van der Waals surface area contributed by atoms with E-state index < -0.39 is 0 Å². The first kappa shape index (κ1) is 13.3. The van der Waals surface area contributed by atoms with Crippen LogP contribution >= 0.6 is 27.3 Å². The molecule has 0 saturated carbocycles. The number of alkyl halides is 1. The van der Waals surface area contributed by atoms with E-state index in [0.29, 0.717) is 5.76 Å². The lowest BCUT2D eigenvalue weighted by atomic mass is 10.4. The second kappa shape index (κ2) is 6.06. The number of hydrogen-bond donors (Lipinski definition) is 0. The molecule has 0 radical (unpaired) electrons. The zero-order valence-electron chi connectivity index (χ0n) is 9.54. The van der Waals surface area contributed by atoms with Crippen LogP contribution in [0.1, 0.15) is 11.9 Å². The Morgan fingerprint density at radius 2 is 2.19 bits per heavy atom. The van der Waals surface area contributed by atoms with Crippen LogP contribution in [0, 0.1) is 0 Å². The van der Waals surface area contributed by atoms with Crippen LogP contribution in [0.5, 0.6) is 0 Å². The van der Waals surface area contributed by atoms with Gasteiger partial charge in [-0.3, -0.25) is 0 Å². The molecule has 0 aliphatic rings. The van der Waals surface area contributed by atoms with Crippen molar-refractivity contribution in [2.45, 2.75) is 12.3 Å². The van der Waals surface area contributed by atoms with E-state index >= 15 is 0 Å². The van der Waals surface area contributed by atoms with Crippen LogP contribution in [0.25, 0.3) is 12.7 Å². The van der Waals surface area contributed by atoms with E-state index in [1.807, 2.05) is 13.0 Å². The van der Waals surface area contributed by atoms with Crippen LogP contribution in [-0.2, 0) is 14.8 Å². The Bertz CT molecular complexity index is 493. The van der Waals surface area contributed by atoms with Gasteiger partial charge in [-0.15, -0.1) is 11.3 Å². The fourth-order valence-corrected chi connectivity index (χ4v) is 2.37. The standard InChI is InChI=1S/C11H14BrNO2S/c1-7-10(16-11(6-12)13-7)5-9(15-4)8(2)14-3/h5H,1,6H2,2-4H3/b9-8-,10-5+. The minimum absolute atomic E-state index is 0.692. The highest BCUT2D eigenvalue weighted by atomic mass is 79.9. The summed E-state index contributed by atoms with van der Waals surface area (Å²) in [6.45, 7) is 5.74. The van der Waals surface area contributed by atoms with E-state index in [1.54, 1.807) is 25.6 Å². The molecule has 0 unspecified atom stereocenters. The zero-order chi connectivity index (χ0) is 12.1. The average molecular weight is 304 g/mol.